The molecule has 5 atom stereocenters. The van der Waals surface area contributed by atoms with E-state index in [1.807, 2.05) is 6.92 Å². The average Bonchev–Trinajstić information content (AvgIpc) is 3.27. The Hall–Kier alpha value is -2.64. The van der Waals surface area contributed by atoms with Gasteiger partial charge in [-0.3, -0.25) is 4.79 Å². The molecule has 4 fully saturated rings. The van der Waals surface area contributed by atoms with E-state index in [-0.39, 0.29) is 23.2 Å². The van der Waals surface area contributed by atoms with Crippen molar-refractivity contribution in [3.63, 3.8) is 0 Å². The number of amides is 1. The normalized spacial score (nSPS) is 29.3. The summed E-state index contributed by atoms with van der Waals surface area (Å²) in [5.74, 6) is -0.0231. The summed E-state index contributed by atoms with van der Waals surface area (Å²) in [5, 5.41) is 2.61. The van der Waals surface area contributed by atoms with E-state index in [0.717, 1.165) is 50.8 Å². The number of oxazole rings is 1. The molecule has 2 aromatic rings. The first-order chi connectivity index (χ1) is 16.5. The molecule has 3 aliphatic carbocycles. The largest absolute Gasteiger partial charge is 0.484 e. The molecule has 2 heterocycles. The van der Waals surface area contributed by atoms with E-state index in [1.54, 1.807) is 0 Å². The maximum absolute atomic E-state index is 14.7. The van der Waals surface area contributed by atoms with Gasteiger partial charge in [0.1, 0.15) is 5.76 Å². The molecule has 0 bridgehead atoms. The van der Waals surface area contributed by atoms with Crippen LogP contribution in [0, 0.1) is 29.4 Å². The van der Waals surface area contributed by atoms with Gasteiger partial charge in [0.25, 0.3) is 11.9 Å². The zero-order valence-electron chi connectivity index (χ0n) is 19.5. The number of hydrogen-bond acceptors (Lipinski definition) is 5. The summed E-state index contributed by atoms with van der Waals surface area (Å²) in [7, 11) is 0. The number of nitrogens with one attached hydrogen (secondary N) is 1. The minimum Gasteiger partial charge on any atom is -0.484 e. The zero-order valence-corrected chi connectivity index (χ0v) is 19.5. The highest BCUT2D eigenvalue weighted by molar-refractivity contribution is 6.03. The molecule has 1 aromatic heterocycles. The first kappa shape index (κ1) is 21.9. The Kier molecular flexibility index (Phi) is 5.49. The molecule has 182 valence electrons. The molecule has 8 heteroatoms. The van der Waals surface area contributed by atoms with Crippen LogP contribution in [0.15, 0.2) is 16.5 Å². The summed E-state index contributed by atoms with van der Waals surface area (Å²) in [6, 6.07) is 3.12. The number of nitrogens with zero attached hydrogens (tertiary/aromatic N) is 2. The average molecular weight is 472 g/mol. The molecule has 1 amide bonds. The maximum atomic E-state index is 14.7. The number of carbonyl (C=O) groups is 1. The third-order valence-electron chi connectivity index (χ3n) is 8.12. The van der Waals surface area contributed by atoms with Gasteiger partial charge in [-0.15, -0.1) is 0 Å². The van der Waals surface area contributed by atoms with Crippen LogP contribution < -0.4 is 15.0 Å². The van der Waals surface area contributed by atoms with Gasteiger partial charge in [0.05, 0.1) is 6.10 Å². The van der Waals surface area contributed by atoms with Gasteiger partial charge in [-0.1, -0.05) is 13.3 Å². The number of carbonyl (C=O) groups excluding carboxylic acids is 1. The number of aryl methyl sites for hydroxylation is 1. The lowest BCUT2D eigenvalue weighted by atomic mass is 10.1. The molecule has 1 saturated heterocycles. The van der Waals surface area contributed by atoms with Crippen LogP contribution >= 0.6 is 0 Å². The highest BCUT2D eigenvalue weighted by Gasteiger charge is 2.47. The molecule has 1 aromatic carbocycles. The van der Waals surface area contributed by atoms with Crippen molar-refractivity contribution in [2.24, 2.45) is 17.8 Å². The third kappa shape index (κ3) is 3.95. The standard InChI is InChI=1S/C26H31F2N3O3/c1-2-4-22-23(30-26(34-22)31-8-7-14-5-3-6-21(14)31)25(32)29-17-12-19(27)24(20(28)13-17)33-18-10-15-9-16(15)11-18/h12-16,18,21H,2-11H2,1H3,(H,29,32)/t14?,15-,16?,18?,21?/m0/s1. The minimum atomic E-state index is -0.810. The number of fused-ring (bicyclic) bond motifs is 2. The number of halogens is 2. The molecule has 6 nitrogen and oxygen atoms in total. The fourth-order valence-electron chi connectivity index (χ4n) is 6.37. The van der Waals surface area contributed by atoms with E-state index in [2.05, 4.69) is 15.2 Å². The minimum absolute atomic E-state index is 0.0330. The lowest BCUT2D eigenvalue weighted by Gasteiger charge is -2.21. The second-order valence-corrected chi connectivity index (χ2v) is 10.4. The van der Waals surface area contributed by atoms with Crippen LogP contribution in [-0.4, -0.2) is 29.6 Å². The smallest absolute Gasteiger partial charge is 0.298 e. The summed E-state index contributed by atoms with van der Waals surface area (Å²) in [5.41, 5.74) is 0.218. The number of hydrogen-bond donors (Lipinski definition) is 1. The number of aromatic nitrogens is 1. The van der Waals surface area contributed by atoms with Crippen LogP contribution in [0.3, 0.4) is 0 Å². The zero-order chi connectivity index (χ0) is 23.4. The van der Waals surface area contributed by atoms with Crippen molar-refractivity contribution < 1.29 is 22.7 Å². The van der Waals surface area contributed by atoms with Gasteiger partial charge in [-0.25, -0.2) is 8.78 Å². The summed E-state index contributed by atoms with van der Waals surface area (Å²) < 4.78 is 41.1. The predicted octanol–water partition coefficient (Wildman–Crippen LogP) is 5.71. The van der Waals surface area contributed by atoms with Crippen LogP contribution in [0.5, 0.6) is 5.75 Å². The van der Waals surface area contributed by atoms with Crippen LogP contribution in [0.1, 0.15) is 74.5 Å². The topological polar surface area (TPSA) is 67.6 Å². The van der Waals surface area contributed by atoms with Crippen molar-refractivity contribution in [3.05, 3.63) is 35.2 Å². The summed E-state index contributed by atoms with van der Waals surface area (Å²) in [4.78, 5) is 19.8. The van der Waals surface area contributed by atoms with Gasteiger partial charge in [-0.05, 0) is 62.7 Å². The third-order valence-corrected chi connectivity index (χ3v) is 8.12. The van der Waals surface area contributed by atoms with Gasteiger partial charge in [0.15, 0.2) is 23.1 Å². The molecule has 1 N–H and O–H groups in total. The number of anilines is 2. The molecule has 3 saturated carbocycles. The van der Waals surface area contributed by atoms with E-state index in [0.29, 0.717) is 42.0 Å². The van der Waals surface area contributed by atoms with Crippen LogP contribution in [0.25, 0.3) is 0 Å². The molecule has 4 aliphatic rings. The van der Waals surface area contributed by atoms with E-state index >= 15 is 0 Å². The molecule has 6 rings (SSSR count). The van der Waals surface area contributed by atoms with Gasteiger partial charge in [0.2, 0.25) is 0 Å². The van der Waals surface area contributed by atoms with Gasteiger partial charge >= 0.3 is 0 Å². The highest BCUT2D eigenvalue weighted by atomic mass is 19.1. The second kappa shape index (κ2) is 8.54. The fourth-order valence-corrected chi connectivity index (χ4v) is 6.37. The maximum Gasteiger partial charge on any atom is 0.298 e. The van der Waals surface area contributed by atoms with Gasteiger partial charge < -0.3 is 19.4 Å². The number of rotatable bonds is 7. The second-order valence-electron chi connectivity index (χ2n) is 10.4. The lowest BCUT2D eigenvalue weighted by molar-refractivity contribution is 0.102. The summed E-state index contributed by atoms with van der Waals surface area (Å²) in [6.45, 7) is 2.88. The molecule has 0 spiro atoms. The molecule has 0 radical (unpaired) electrons. The fraction of sp³-hybridized carbons (Fsp3) is 0.615. The van der Waals surface area contributed by atoms with Crippen molar-refractivity contribution in [3.8, 4) is 5.75 Å². The number of benzene rings is 1. The Morgan fingerprint density at radius 2 is 1.91 bits per heavy atom. The lowest BCUT2D eigenvalue weighted by Crippen LogP contribution is -2.30. The van der Waals surface area contributed by atoms with Crippen LogP contribution in [-0.2, 0) is 6.42 Å². The van der Waals surface area contributed by atoms with Crippen LogP contribution in [0.4, 0.5) is 20.5 Å². The molecule has 34 heavy (non-hydrogen) atoms. The Labute approximate surface area is 198 Å². The first-order valence-electron chi connectivity index (χ1n) is 12.7. The van der Waals surface area contributed by atoms with Gasteiger partial charge in [0, 0.05) is 36.8 Å². The van der Waals surface area contributed by atoms with Crippen molar-refractivity contribution >= 4 is 17.6 Å². The summed E-state index contributed by atoms with van der Waals surface area (Å²) in [6.07, 6.45) is 8.82. The van der Waals surface area contributed by atoms with Crippen molar-refractivity contribution in [1.82, 2.24) is 4.98 Å². The Bertz CT molecular complexity index is 1070. The van der Waals surface area contributed by atoms with E-state index in [9.17, 15) is 13.6 Å². The summed E-state index contributed by atoms with van der Waals surface area (Å²) >= 11 is 0. The van der Waals surface area contributed by atoms with E-state index < -0.39 is 17.5 Å². The molecular weight excluding hydrogens is 440 g/mol. The molecule has 1 aliphatic heterocycles. The van der Waals surface area contributed by atoms with Crippen LogP contribution in [0.2, 0.25) is 0 Å². The number of ether oxygens (including phenoxy) is 1. The molecule has 4 unspecified atom stereocenters. The monoisotopic (exact) mass is 471 g/mol. The van der Waals surface area contributed by atoms with Gasteiger partial charge in [-0.2, -0.15) is 4.98 Å². The highest BCUT2D eigenvalue weighted by Crippen LogP contribution is 2.52. The Morgan fingerprint density at radius 3 is 2.65 bits per heavy atom. The first-order valence-corrected chi connectivity index (χ1v) is 12.7. The quantitative estimate of drug-likeness (QED) is 0.560. The Balaban J connectivity index is 1.19. The predicted molar refractivity (Wildman–Crippen MR) is 123 cm³/mol. The molecular formula is C26H31F2N3O3. The van der Waals surface area contributed by atoms with Crippen molar-refractivity contribution in [2.45, 2.75) is 76.9 Å². The van der Waals surface area contributed by atoms with Crippen molar-refractivity contribution in [2.75, 3.05) is 16.8 Å². The Morgan fingerprint density at radius 1 is 1.15 bits per heavy atom. The SMILES string of the molecule is CCCc1oc(N2CCC3CCCC32)nc1C(=O)Nc1cc(F)c(OC2CC3C[C@H]3C2)c(F)c1. The van der Waals surface area contributed by atoms with E-state index in [4.69, 9.17) is 9.15 Å². The van der Waals surface area contributed by atoms with Crippen molar-refractivity contribution in [1.29, 1.82) is 0 Å². The van der Waals surface area contributed by atoms with E-state index in [1.165, 1.54) is 19.3 Å².